The zero-order valence-electron chi connectivity index (χ0n) is 13.8. The number of nitrogens with one attached hydrogen (secondary N) is 1. The van der Waals surface area contributed by atoms with E-state index < -0.39 is 10.0 Å². The van der Waals surface area contributed by atoms with Crippen LogP contribution in [0, 0.1) is 0 Å². The normalized spacial score (nSPS) is 19.3. The molecule has 1 aromatic carbocycles. The van der Waals surface area contributed by atoms with Crippen LogP contribution in [0.25, 0.3) is 0 Å². The quantitative estimate of drug-likeness (QED) is 0.773. The van der Waals surface area contributed by atoms with E-state index in [2.05, 4.69) is 18.3 Å². The van der Waals surface area contributed by atoms with Crippen molar-refractivity contribution in [3.05, 3.63) is 29.3 Å². The molecular formula is C16H26N2O3S. The standard InChI is InChI=1S/C16H26N2O3S/c1-12(17-7-8-21-3)9-14-5-6-16-15(11-14)10-13(2)18(16)22(4,19)20/h5-6,11-13,17H,7-10H2,1-4H3. The van der Waals surface area contributed by atoms with Gasteiger partial charge in [0, 0.05) is 25.7 Å². The van der Waals surface area contributed by atoms with Crippen molar-refractivity contribution >= 4 is 15.7 Å². The minimum absolute atomic E-state index is 0.00231. The van der Waals surface area contributed by atoms with Gasteiger partial charge in [-0.1, -0.05) is 12.1 Å². The third kappa shape index (κ3) is 4.00. The lowest BCUT2D eigenvalue weighted by molar-refractivity contribution is 0.196. The maximum absolute atomic E-state index is 11.9. The van der Waals surface area contributed by atoms with Crippen molar-refractivity contribution in [3.63, 3.8) is 0 Å². The Bertz CT molecular complexity index is 616. The smallest absolute Gasteiger partial charge is 0.232 e. The number of hydrogen-bond acceptors (Lipinski definition) is 4. The van der Waals surface area contributed by atoms with Crippen LogP contribution in [-0.4, -0.2) is 47.0 Å². The zero-order chi connectivity index (χ0) is 16.3. The van der Waals surface area contributed by atoms with Gasteiger partial charge in [-0.25, -0.2) is 8.42 Å². The van der Waals surface area contributed by atoms with Crippen LogP contribution in [0.15, 0.2) is 18.2 Å². The molecule has 1 heterocycles. The third-order valence-electron chi connectivity index (χ3n) is 4.00. The molecule has 6 heteroatoms. The average molecular weight is 326 g/mol. The zero-order valence-corrected chi connectivity index (χ0v) is 14.6. The molecule has 0 fully saturated rings. The highest BCUT2D eigenvalue weighted by Crippen LogP contribution is 2.34. The van der Waals surface area contributed by atoms with E-state index in [-0.39, 0.29) is 6.04 Å². The molecule has 0 saturated heterocycles. The van der Waals surface area contributed by atoms with Gasteiger partial charge in [-0.3, -0.25) is 4.31 Å². The van der Waals surface area contributed by atoms with Crippen molar-refractivity contribution < 1.29 is 13.2 Å². The van der Waals surface area contributed by atoms with Crippen LogP contribution in [0.5, 0.6) is 0 Å². The Kier molecular flexibility index (Phi) is 5.47. The summed E-state index contributed by atoms with van der Waals surface area (Å²) in [5.41, 5.74) is 3.19. The Morgan fingerprint density at radius 3 is 2.82 bits per heavy atom. The first-order valence-corrected chi connectivity index (χ1v) is 9.51. The lowest BCUT2D eigenvalue weighted by Gasteiger charge is -2.22. The summed E-state index contributed by atoms with van der Waals surface area (Å²) in [4.78, 5) is 0. The maximum atomic E-state index is 11.9. The van der Waals surface area contributed by atoms with Gasteiger partial charge in [0.25, 0.3) is 0 Å². The summed E-state index contributed by atoms with van der Waals surface area (Å²) in [6.07, 6.45) is 2.97. The van der Waals surface area contributed by atoms with Gasteiger partial charge < -0.3 is 10.1 Å². The molecule has 2 unspecified atom stereocenters. The lowest BCUT2D eigenvalue weighted by Crippen LogP contribution is -2.34. The Hall–Kier alpha value is -1.11. The first kappa shape index (κ1) is 17.2. The molecule has 1 aliphatic rings. The van der Waals surface area contributed by atoms with E-state index in [4.69, 9.17) is 4.74 Å². The fourth-order valence-corrected chi connectivity index (χ4v) is 4.39. The SMILES string of the molecule is COCCNC(C)Cc1ccc2c(c1)CC(C)N2S(C)(=O)=O. The summed E-state index contributed by atoms with van der Waals surface area (Å²) >= 11 is 0. The molecule has 0 saturated carbocycles. The van der Waals surface area contributed by atoms with E-state index >= 15 is 0 Å². The topological polar surface area (TPSA) is 58.6 Å². The summed E-state index contributed by atoms with van der Waals surface area (Å²) in [5.74, 6) is 0. The molecule has 5 nitrogen and oxygen atoms in total. The molecule has 1 N–H and O–H groups in total. The fraction of sp³-hybridized carbons (Fsp3) is 0.625. The van der Waals surface area contributed by atoms with E-state index in [1.807, 2.05) is 19.1 Å². The van der Waals surface area contributed by atoms with E-state index in [1.165, 1.54) is 16.1 Å². The monoisotopic (exact) mass is 326 g/mol. The number of benzene rings is 1. The number of fused-ring (bicyclic) bond motifs is 1. The summed E-state index contributed by atoms with van der Waals surface area (Å²) in [6.45, 7) is 5.64. The molecule has 22 heavy (non-hydrogen) atoms. The van der Waals surface area contributed by atoms with Crippen molar-refractivity contribution in [2.75, 3.05) is 30.8 Å². The maximum Gasteiger partial charge on any atom is 0.232 e. The van der Waals surface area contributed by atoms with Crippen LogP contribution in [0.3, 0.4) is 0 Å². The van der Waals surface area contributed by atoms with Crippen molar-refractivity contribution in [2.24, 2.45) is 0 Å². The van der Waals surface area contributed by atoms with Gasteiger partial charge in [0.05, 0.1) is 18.6 Å². The molecule has 1 aromatic rings. The van der Waals surface area contributed by atoms with Gasteiger partial charge in [0.15, 0.2) is 0 Å². The molecule has 0 radical (unpaired) electrons. The molecule has 0 amide bonds. The van der Waals surface area contributed by atoms with Gasteiger partial charge in [0.2, 0.25) is 10.0 Å². The van der Waals surface area contributed by atoms with Crippen LogP contribution in [0.4, 0.5) is 5.69 Å². The highest BCUT2D eigenvalue weighted by molar-refractivity contribution is 7.92. The second-order valence-corrected chi connectivity index (χ2v) is 7.99. The van der Waals surface area contributed by atoms with E-state index in [0.29, 0.717) is 12.6 Å². The van der Waals surface area contributed by atoms with Gasteiger partial charge in [-0.05, 0) is 43.9 Å². The average Bonchev–Trinajstić information content (AvgIpc) is 2.73. The summed E-state index contributed by atoms with van der Waals surface area (Å²) in [7, 11) is -1.51. The van der Waals surface area contributed by atoms with Gasteiger partial charge in [-0.2, -0.15) is 0 Å². The van der Waals surface area contributed by atoms with Gasteiger partial charge >= 0.3 is 0 Å². The minimum atomic E-state index is -3.21. The third-order valence-corrected chi connectivity index (χ3v) is 5.27. The molecule has 0 aliphatic carbocycles. The van der Waals surface area contributed by atoms with Gasteiger partial charge in [0.1, 0.15) is 0 Å². The van der Waals surface area contributed by atoms with Crippen LogP contribution in [-0.2, 0) is 27.6 Å². The van der Waals surface area contributed by atoms with Crippen molar-refractivity contribution in [1.29, 1.82) is 0 Å². The second kappa shape index (κ2) is 6.98. The van der Waals surface area contributed by atoms with Crippen LogP contribution in [0.1, 0.15) is 25.0 Å². The highest BCUT2D eigenvalue weighted by atomic mass is 32.2. The second-order valence-electron chi connectivity index (χ2n) is 6.13. The Balaban J connectivity index is 2.09. The molecule has 124 valence electrons. The molecule has 0 spiro atoms. The number of anilines is 1. The summed E-state index contributed by atoms with van der Waals surface area (Å²) < 4.78 is 30.4. The van der Waals surface area contributed by atoms with Crippen LogP contribution < -0.4 is 9.62 Å². The number of rotatable bonds is 7. The predicted octanol–water partition coefficient (Wildman–Crippen LogP) is 1.56. The molecule has 2 rings (SSSR count). The van der Waals surface area contributed by atoms with Crippen LogP contribution >= 0.6 is 0 Å². The number of methoxy groups -OCH3 is 1. The first-order valence-electron chi connectivity index (χ1n) is 7.66. The number of ether oxygens (including phenoxy) is 1. The van der Waals surface area contributed by atoms with Crippen LogP contribution in [0.2, 0.25) is 0 Å². The summed E-state index contributed by atoms with van der Waals surface area (Å²) in [6, 6.07) is 6.47. The Morgan fingerprint density at radius 1 is 1.45 bits per heavy atom. The molecule has 1 aliphatic heterocycles. The van der Waals surface area contributed by atoms with Crippen molar-refractivity contribution in [2.45, 2.75) is 38.8 Å². The minimum Gasteiger partial charge on any atom is -0.383 e. The number of sulfonamides is 1. The fourth-order valence-electron chi connectivity index (χ4n) is 3.12. The van der Waals surface area contributed by atoms with Crippen molar-refractivity contribution in [1.82, 2.24) is 5.32 Å². The van der Waals surface area contributed by atoms with E-state index in [0.717, 1.165) is 30.6 Å². The first-order chi connectivity index (χ1) is 10.3. The largest absolute Gasteiger partial charge is 0.383 e. The number of hydrogen-bond donors (Lipinski definition) is 1. The Morgan fingerprint density at radius 2 is 2.18 bits per heavy atom. The van der Waals surface area contributed by atoms with Gasteiger partial charge in [-0.15, -0.1) is 0 Å². The van der Waals surface area contributed by atoms with E-state index in [9.17, 15) is 8.42 Å². The molecule has 2 atom stereocenters. The van der Waals surface area contributed by atoms with E-state index in [1.54, 1.807) is 7.11 Å². The number of nitrogens with zero attached hydrogens (tertiary/aromatic N) is 1. The summed E-state index contributed by atoms with van der Waals surface area (Å²) in [5, 5.41) is 3.41. The lowest BCUT2D eigenvalue weighted by atomic mass is 10.0. The molecule has 0 bridgehead atoms. The Labute approximate surface area is 133 Å². The molecule has 0 aromatic heterocycles. The highest BCUT2D eigenvalue weighted by Gasteiger charge is 2.32. The van der Waals surface area contributed by atoms with Crippen molar-refractivity contribution in [3.8, 4) is 0 Å². The molecular weight excluding hydrogens is 300 g/mol. The predicted molar refractivity (Wildman–Crippen MR) is 90.0 cm³/mol.